The zero-order chi connectivity index (χ0) is 28.4. The molecule has 0 radical (unpaired) electrons. The van der Waals surface area contributed by atoms with E-state index in [-0.39, 0.29) is 38.5 Å². The van der Waals surface area contributed by atoms with Crippen molar-refractivity contribution >= 4 is 44.7 Å². The van der Waals surface area contributed by atoms with Crippen LogP contribution in [-0.2, 0) is 6.54 Å². The molecule has 5 rings (SSSR count). The highest BCUT2D eigenvalue weighted by atomic mass is 35.5. The first-order chi connectivity index (χ1) is 19.3. The molecule has 6 nitrogen and oxygen atoms in total. The van der Waals surface area contributed by atoms with Crippen molar-refractivity contribution in [3.63, 3.8) is 0 Å². The molecule has 0 saturated heterocycles. The summed E-state index contributed by atoms with van der Waals surface area (Å²) in [6, 6.07) is 12.2. The van der Waals surface area contributed by atoms with Crippen molar-refractivity contribution in [2.75, 3.05) is 26.5 Å². The Bertz CT molecular complexity index is 1540. The first-order valence-electron chi connectivity index (χ1n) is 13.2. The second kappa shape index (κ2) is 12.1. The highest BCUT2D eigenvalue weighted by molar-refractivity contribution is 7.21. The van der Waals surface area contributed by atoms with Crippen LogP contribution >= 0.6 is 22.9 Å². The second-order valence-electron chi connectivity index (χ2n) is 9.91. The molecule has 0 atom stereocenters. The lowest BCUT2D eigenvalue weighted by Gasteiger charge is -2.37. The monoisotopic (exact) mass is 584 g/mol. The number of carbonyl (C=O) groups is 1. The number of methoxy groups -OCH3 is 1. The summed E-state index contributed by atoms with van der Waals surface area (Å²) in [4.78, 5) is 20.4. The Morgan fingerprint density at radius 3 is 2.48 bits per heavy atom. The minimum absolute atomic E-state index is 0.0461. The Balaban J connectivity index is 1.56. The molecule has 10 heteroatoms. The predicted molar refractivity (Wildman–Crippen MR) is 157 cm³/mol. The van der Waals surface area contributed by atoms with Crippen LogP contribution in [0.5, 0.6) is 5.75 Å². The average Bonchev–Trinajstić information content (AvgIpc) is 3.35. The Morgan fingerprint density at radius 2 is 1.80 bits per heavy atom. The Morgan fingerprint density at radius 1 is 1.07 bits per heavy atom. The van der Waals surface area contributed by atoms with Crippen LogP contribution in [0.1, 0.15) is 40.9 Å². The molecule has 1 saturated carbocycles. The summed E-state index contributed by atoms with van der Waals surface area (Å²) in [6.45, 7) is 0.254. The van der Waals surface area contributed by atoms with E-state index in [0.29, 0.717) is 11.8 Å². The van der Waals surface area contributed by atoms with E-state index in [1.54, 1.807) is 18.2 Å². The normalized spacial score (nSPS) is 17.1. The van der Waals surface area contributed by atoms with Gasteiger partial charge in [0.25, 0.3) is 5.91 Å². The molecular formula is C30H31ClF2N4O2S. The number of amides is 1. The molecule has 4 aromatic rings. The van der Waals surface area contributed by atoms with E-state index >= 15 is 0 Å². The smallest absolute Gasteiger partial charge is 0.266 e. The molecule has 210 valence electrons. The van der Waals surface area contributed by atoms with Crippen molar-refractivity contribution in [1.29, 1.82) is 0 Å². The number of nitrogens with one attached hydrogen (secondary N) is 2. The van der Waals surface area contributed by atoms with Gasteiger partial charge >= 0.3 is 0 Å². The molecule has 2 aromatic heterocycles. The molecule has 2 N–H and O–H groups in total. The maximum atomic E-state index is 14.6. The summed E-state index contributed by atoms with van der Waals surface area (Å²) in [7, 11) is 5.36. The molecule has 1 fully saturated rings. The van der Waals surface area contributed by atoms with Crippen LogP contribution in [0.4, 0.5) is 14.6 Å². The molecule has 2 aromatic carbocycles. The fourth-order valence-corrected chi connectivity index (χ4v) is 6.93. The van der Waals surface area contributed by atoms with Crippen LogP contribution < -0.4 is 15.4 Å². The third-order valence-corrected chi connectivity index (χ3v) is 9.33. The maximum absolute atomic E-state index is 14.6. The van der Waals surface area contributed by atoms with Crippen LogP contribution in [0.3, 0.4) is 0 Å². The number of carbonyl (C=O) groups excluding carboxylic acids is 1. The van der Waals surface area contributed by atoms with Gasteiger partial charge < -0.3 is 20.3 Å². The third kappa shape index (κ3) is 5.50. The fourth-order valence-electron chi connectivity index (χ4n) is 5.42. The summed E-state index contributed by atoms with van der Waals surface area (Å²) in [5.41, 5.74) is 2.74. The molecule has 0 spiro atoms. The number of pyridine rings is 1. The molecule has 1 aliphatic rings. The highest BCUT2D eigenvalue weighted by Crippen LogP contribution is 2.40. The number of ether oxygens (including phenoxy) is 1. The largest absolute Gasteiger partial charge is 0.496 e. The number of hydrogen-bond acceptors (Lipinski definition) is 6. The number of rotatable bonds is 8. The van der Waals surface area contributed by atoms with E-state index < -0.39 is 11.6 Å². The number of benzene rings is 2. The van der Waals surface area contributed by atoms with Gasteiger partial charge in [0.05, 0.1) is 22.2 Å². The topological polar surface area (TPSA) is 66.5 Å². The standard InChI is InChI=1S/C30H31ClF2N4O2S/c1-34-20-5-7-21(8-6-20)37(30(38)29-27(31)26-22(32)9-10-23(33)28(26)40-29)16-19-14-17(4-11-24(19)39-3)18-12-13-36-25(15-18)35-2/h4,9-15,20-21,34H,5-8,16H2,1-3H3,(H,35,36). The van der Waals surface area contributed by atoms with E-state index in [9.17, 15) is 13.6 Å². The lowest BCUT2D eigenvalue weighted by molar-refractivity contribution is 0.0604. The van der Waals surface area contributed by atoms with Gasteiger partial charge in [0.1, 0.15) is 28.1 Å². The summed E-state index contributed by atoms with van der Waals surface area (Å²) in [6.07, 6.45) is 5.15. The molecule has 0 unspecified atom stereocenters. The van der Waals surface area contributed by atoms with E-state index in [0.717, 1.165) is 71.7 Å². The van der Waals surface area contributed by atoms with Gasteiger partial charge in [-0.15, -0.1) is 11.3 Å². The molecule has 40 heavy (non-hydrogen) atoms. The predicted octanol–water partition coefficient (Wildman–Crippen LogP) is 7.12. The van der Waals surface area contributed by atoms with Crippen LogP contribution in [-0.4, -0.2) is 49.1 Å². The van der Waals surface area contributed by atoms with Crippen molar-refractivity contribution < 1.29 is 18.3 Å². The fraction of sp³-hybridized carbons (Fsp3) is 0.333. The second-order valence-corrected chi connectivity index (χ2v) is 11.3. The van der Waals surface area contributed by atoms with E-state index in [4.69, 9.17) is 16.3 Å². The van der Waals surface area contributed by atoms with Gasteiger partial charge in [-0.05, 0) is 80.3 Å². The first-order valence-corrected chi connectivity index (χ1v) is 14.4. The van der Waals surface area contributed by atoms with Crippen LogP contribution in [0.2, 0.25) is 5.02 Å². The zero-order valence-corrected chi connectivity index (χ0v) is 24.1. The molecular weight excluding hydrogens is 554 g/mol. The van der Waals surface area contributed by atoms with Gasteiger partial charge in [0.15, 0.2) is 0 Å². The number of aromatic nitrogens is 1. The Kier molecular flexibility index (Phi) is 8.54. The van der Waals surface area contributed by atoms with Crippen LogP contribution in [0.25, 0.3) is 21.2 Å². The summed E-state index contributed by atoms with van der Waals surface area (Å²) in [5, 5.41) is 6.29. The number of fused-ring (bicyclic) bond motifs is 1. The SMILES string of the molecule is CNc1cc(-c2ccc(OC)c(CN(C(=O)c3sc4c(F)ccc(F)c4c3Cl)C3CCC(NC)CC3)c2)ccn1. The Labute approximate surface area is 241 Å². The third-order valence-electron chi connectivity index (χ3n) is 7.65. The molecule has 0 bridgehead atoms. The van der Waals surface area contributed by atoms with Crippen LogP contribution in [0, 0.1) is 11.6 Å². The number of thiophene rings is 1. The van der Waals surface area contributed by atoms with Gasteiger partial charge in [-0.3, -0.25) is 4.79 Å². The van der Waals surface area contributed by atoms with E-state index in [2.05, 4.69) is 15.6 Å². The van der Waals surface area contributed by atoms with Crippen molar-refractivity contribution in [2.45, 2.75) is 44.3 Å². The molecule has 2 heterocycles. The Hall–Kier alpha value is -3.27. The number of hydrogen-bond donors (Lipinski definition) is 2. The minimum atomic E-state index is -0.648. The number of halogens is 3. The van der Waals surface area contributed by atoms with Gasteiger partial charge in [0, 0.05) is 37.4 Å². The number of anilines is 1. The first kappa shape index (κ1) is 28.3. The van der Waals surface area contributed by atoms with Gasteiger partial charge in [0.2, 0.25) is 0 Å². The van der Waals surface area contributed by atoms with E-state index in [1.807, 2.05) is 44.4 Å². The van der Waals surface area contributed by atoms with Gasteiger partial charge in [-0.2, -0.15) is 0 Å². The van der Waals surface area contributed by atoms with E-state index in [1.165, 1.54) is 0 Å². The maximum Gasteiger partial charge on any atom is 0.266 e. The summed E-state index contributed by atoms with van der Waals surface area (Å²) < 4.78 is 35.0. The quantitative estimate of drug-likeness (QED) is 0.231. The van der Waals surface area contributed by atoms with Gasteiger partial charge in [-0.25, -0.2) is 13.8 Å². The lowest BCUT2D eigenvalue weighted by atomic mass is 9.89. The molecule has 1 aliphatic carbocycles. The summed E-state index contributed by atoms with van der Waals surface area (Å²) >= 11 is 7.46. The molecule has 0 aliphatic heterocycles. The van der Waals surface area contributed by atoms with Gasteiger partial charge in [-0.1, -0.05) is 17.7 Å². The zero-order valence-electron chi connectivity index (χ0n) is 22.6. The molecule has 1 amide bonds. The minimum Gasteiger partial charge on any atom is -0.496 e. The summed E-state index contributed by atoms with van der Waals surface area (Å²) in [5.74, 6) is -0.201. The lowest BCUT2D eigenvalue weighted by Crippen LogP contribution is -2.44. The van der Waals surface area contributed by atoms with Crippen molar-refractivity contribution in [3.8, 4) is 16.9 Å². The van der Waals surface area contributed by atoms with Crippen molar-refractivity contribution in [1.82, 2.24) is 15.2 Å². The number of nitrogens with zero attached hydrogens (tertiary/aromatic N) is 2. The van der Waals surface area contributed by atoms with Crippen LogP contribution in [0.15, 0.2) is 48.7 Å². The van der Waals surface area contributed by atoms with Crippen molar-refractivity contribution in [2.24, 2.45) is 0 Å². The van der Waals surface area contributed by atoms with Crippen molar-refractivity contribution in [3.05, 3.63) is 75.8 Å². The highest BCUT2D eigenvalue weighted by Gasteiger charge is 2.33. The average molecular weight is 585 g/mol.